The predicted octanol–water partition coefficient (Wildman–Crippen LogP) is 2.23. The van der Waals surface area contributed by atoms with Gasteiger partial charge in [0.15, 0.2) is 17.6 Å². The molecule has 9 nitrogen and oxygen atoms in total. The van der Waals surface area contributed by atoms with Gasteiger partial charge in [-0.2, -0.15) is 0 Å². The number of rotatable bonds is 8. The molecule has 2 N–H and O–H groups in total. The third-order valence-electron chi connectivity index (χ3n) is 4.46. The van der Waals surface area contributed by atoms with Crippen molar-refractivity contribution in [3.63, 3.8) is 0 Å². The molecule has 3 rings (SSSR count). The van der Waals surface area contributed by atoms with Crippen LogP contribution < -0.4 is 19.5 Å². The number of amides is 1. The third-order valence-corrected chi connectivity index (χ3v) is 5.92. The number of benzene rings is 2. The molecule has 1 aliphatic rings. The highest BCUT2D eigenvalue weighted by Crippen LogP contribution is 2.31. The number of ether oxygens (including phenoxy) is 3. The van der Waals surface area contributed by atoms with Crippen LogP contribution in [0.25, 0.3) is 0 Å². The second kappa shape index (κ2) is 10.4. The zero-order valence-electron chi connectivity index (χ0n) is 17.3. The molecule has 0 aromatic heterocycles. The largest absolute Gasteiger partial charge is 0.490 e. The lowest BCUT2D eigenvalue weighted by Crippen LogP contribution is -2.32. The minimum Gasteiger partial charge on any atom is -0.490 e. The molecule has 2 aromatic rings. The number of esters is 1. The standard InChI is InChI=1S/C21H23FN2O7S/c1-14(21(26)24-17-6-3-2-5-16(17)22)31-20(25)9-10-23-32(27,28)15-7-8-18-19(13-15)30-12-4-11-29-18/h2-3,5-8,13-14,23H,4,9-12H2,1H3,(H,24,26)/t14-/m0/s1. The molecule has 0 saturated heterocycles. The van der Waals surface area contributed by atoms with Gasteiger partial charge in [0.05, 0.1) is 30.2 Å². The molecule has 1 amide bonds. The van der Waals surface area contributed by atoms with Crippen molar-refractivity contribution in [3.05, 3.63) is 48.3 Å². The topological polar surface area (TPSA) is 120 Å². The third kappa shape index (κ3) is 6.17. The molecule has 0 radical (unpaired) electrons. The van der Waals surface area contributed by atoms with Gasteiger partial charge in [0.1, 0.15) is 5.82 Å². The summed E-state index contributed by atoms with van der Waals surface area (Å²) in [6.45, 7) is 1.99. The van der Waals surface area contributed by atoms with E-state index in [9.17, 15) is 22.4 Å². The molecule has 1 aliphatic heterocycles. The fraction of sp³-hybridized carbons (Fsp3) is 0.333. The van der Waals surface area contributed by atoms with Gasteiger partial charge in [-0.05, 0) is 31.2 Å². The van der Waals surface area contributed by atoms with E-state index in [1.165, 1.54) is 43.3 Å². The number of carbonyl (C=O) groups excluding carboxylic acids is 2. The van der Waals surface area contributed by atoms with Crippen LogP contribution in [0.3, 0.4) is 0 Å². The molecule has 0 fully saturated rings. The number of carbonyl (C=O) groups is 2. The van der Waals surface area contributed by atoms with Crippen molar-refractivity contribution >= 4 is 27.6 Å². The number of sulfonamides is 1. The number of para-hydroxylation sites is 1. The van der Waals surface area contributed by atoms with Gasteiger partial charge in [0, 0.05) is 19.0 Å². The van der Waals surface area contributed by atoms with E-state index >= 15 is 0 Å². The maximum Gasteiger partial charge on any atom is 0.307 e. The van der Waals surface area contributed by atoms with Gasteiger partial charge in [-0.25, -0.2) is 17.5 Å². The average Bonchev–Trinajstić information content (AvgIpc) is 3.00. The highest BCUT2D eigenvalue weighted by atomic mass is 32.2. The summed E-state index contributed by atoms with van der Waals surface area (Å²) in [6, 6.07) is 9.82. The number of hydrogen-bond donors (Lipinski definition) is 2. The van der Waals surface area contributed by atoms with E-state index in [0.717, 1.165) is 0 Å². The van der Waals surface area contributed by atoms with E-state index in [2.05, 4.69) is 10.0 Å². The fourth-order valence-corrected chi connectivity index (χ4v) is 3.83. The van der Waals surface area contributed by atoms with Gasteiger partial charge in [-0.15, -0.1) is 0 Å². The first-order valence-corrected chi connectivity index (χ1v) is 11.4. The molecule has 32 heavy (non-hydrogen) atoms. The summed E-state index contributed by atoms with van der Waals surface area (Å²) in [5, 5.41) is 2.32. The van der Waals surface area contributed by atoms with Gasteiger partial charge in [0.25, 0.3) is 5.91 Å². The lowest BCUT2D eigenvalue weighted by atomic mass is 10.3. The lowest BCUT2D eigenvalue weighted by molar-refractivity contribution is -0.152. The lowest BCUT2D eigenvalue weighted by Gasteiger charge is -2.14. The van der Waals surface area contributed by atoms with Crippen LogP contribution in [0.4, 0.5) is 10.1 Å². The molecule has 0 unspecified atom stereocenters. The van der Waals surface area contributed by atoms with Crippen molar-refractivity contribution in [2.24, 2.45) is 0 Å². The molecular formula is C21H23FN2O7S. The van der Waals surface area contributed by atoms with E-state index in [0.29, 0.717) is 31.1 Å². The van der Waals surface area contributed by atoms with Crippen molar-refractivity contribution in [2.75, 3.05) is 25.1 Å². The van der Waals surface area contributed by atoms with Crippen molar-refractivity contribution in [1.29, 1.82) is 0 Å². The van der Waals surface area contributed by atoms with Crippen LogP contribution in [0.15, 0.2) is 47.4 Å². The number of hydrogen-bond acceptors (Lipinski definition) is 7. The Morgan fingerprint density at radius 3 is 2.59 bits per heavy atom. The molecule has 1 heterocycles. The Morgan fingerprint density at radius 2 is 1.84 bits per heavy atom. The predicted molar refractivity (Wildman–Crippen MR) is 112 cm³/mol. The Bertz CT molecular complexity index is 1090. The highest BCUT2D eigenvalue weighted by molar-refractivity contribution is 7.89. The maximum atomic E-state index is 13.6. The van der Waals surface area contributed by atoms with E-state index in [1.807, 2.05) is 0 Å². The summed E-state index contributed by atoms with van der Waals surface area (Å²) in [5.74, 6) is -1.32. The van der Waals surface area contributed by atoms with Gasteiger partial charge in [-0.3, -0.25) is 9.59 Å². The van der Waals surface area contributed by atoms with Gasteiger partial charge < -0.3 is 19.5 Å². The molecule has 1 atom stereocenters. The van der Waals surface area contributed by atoms with E-state index in [1.54, 1.807) is 6.07 Å². The summed E-state index contributed by atoms with van der Waals surface area (Å²) in [7, 11) is -3.91. The number of anilines is 1. The SMILES string of the molecule is C[C@H](OC(=O)CCNS(=O)(=O)c1ccc2c(c1)OCCCO2)C(=O)Nc1ccccc1F. The quantitative estimate of drug-likeness (QED) is 0.573. The minimum absolute atomic E-state index is 0.0345. The van der Waals surface area contributed by atoms with Crippen molar-refractivity contribution in [2.45, 2.75) is 30.8 Å². The second-order valence-electron chi connectivity index (χ2n) is 6.91. The van der Waals surface area contributed by atoms with Gasteiger partial charge >= 0.3 is 5.97 Å². The highest BCUT2D eigenvalue weighted by Gasteiger charge is 2.21. The Morgan fingerprint density at radius 1 is 1.12 bits per heavy atom. The zero-order valence-corrected chi connectivity index (χ0v) is 18.1. The minimum atomic E-state index is -3.91. The first kappa shape index (κ1) is 23.5. The summed E-state index contributed by atoms with van der Waals surface area (Å²) in [5.41, 5.74) is -0.0386. The summed E-state index contributed by atoms with van der Waals surface area (Å²) in [4.78, 5) is 24.0. The van der Waals surface area contributed by atoms with Crippen molar-refractivity contribution in [3.8, 4) is 11.5 Å². The first-order valence-electron chi connectivity index (χ1n) is 9.90. The van der Waals surface area contributed by atoms with Crippen LogP contribution in [-0.4, -0.2) is 46.2 Å². The first-order chi connectivity index (χ1) is 15.3. The van der Waals surface area contributed by atoms with E-state index < -0.39 is 33.8 Å². The second-order valence-corrected chi connectivity index (χ2v) is 8.67. The van der Waals surface area contributed by atoms with Crippen LogP contribution in [0.2, 0.25) is 0 Å². The molecule has 0 saturated carbocycles. The molecule has 11 heteroatoms. The summed E-state index contributed by atoms with van der Waals surface area (Å²) in [6.07, 6.45) is -0.810. The molecule has 0 spiro atoms. The molecular weight excluding hydrogens is 443 g/mol. The van der Waals surface area contributed by atoms with E-state index in [4.69, 9.17) is 14.2 Å². The van der Waals surface area contributed by atoms with Gasteiger partial charge in [0.2, 0.25) is 10.0 Å². The molecule has 0 aliphatic carbocycles. The Hall–Kier alpha value is -3.18. The van der Waals surface area contributed by atoms with Gasteiger partial charge in [-0.1, -0.05) is 12.1 Å². The fourth-order valence-electron chi connectivity index (χ4n) is 2.79. The number of halogens is 1. The Balaban J connectivity index is 1.49. The molecule has 0 bridgehead atoms. The number of nitrogens with one attached hydrogen (secondary N) is 2. The van der Waals surface area contributed by atoms with Crippen LogP contribution >= 0.6 is 0 Å². The number of fused-ring (bicyclic) bond motifs is 1. The van der Waals surface area contributed by atoms with E-state index in [-0.39, 0.29) is 23.5 Å². The van der Waals surface area contributed by atoms with Crippen molar-refractivity contribution < 1.29 is 36.6 Å². The van der Waals surface area contributed by atoms with Crippen LogP contribution in [0.1, 0.15) is 19.8 Å². The normalized spacial score (nSPS) is 14.2. The maximum absolute atomic E-state index is 13.6. The molecule has 172 valence electrons. The zero-order chi connectivity index (χ0) is 23.1. The van der Waals surface area contributed by atoms with Crippen LogP contribution in [0.5, 0.6) is 11.5 Å². The van der Waals surface area contributed by atoms with Crippen molar-refractivity contribution in [1.82, 2.24) is 4.72 Å². The Kier molecular flexibility index (Phi) is 7.65. The van der Waals surface area contributed by atoms with Crippen LogP contribution in [0, 0.1) is 5.82 Å². The smallest absolute Gasteiger partial charge is 0.307 e. The monoisotopic (exact) mass is 466 g/mol. The summed E-state index contributed by atoms with van der Waals surface area (Å²) < 4.78 is 56.8. The van der Waals surface area contributed by atoms with Crippen LogP contribution in [-0.2, 0) is 24.3 Å². The Labute approximate surface area is 184 Å². The molecule has 2 aromatic carbocycles. The average molecular weight is 466 g/mol. The summed E-state index contributed by atoms with van der Waals surface area (Å²) >= 11 is 0.